The fourth-order valence-corrected chi connectivity index (χ4v) is 2.71. The first-order chi connectivity index (χ1) is 7.56. The van der Waals surface area contributed by atoms with Crippen LogP contribution in [0.15, 0.2) is 22.0 Å². The fourth-order valence-electron chi connectivity index (χ4n) is 1.13. The van der Waals surface area contributed by atoms with E-state index in [0.717, 1.165) is 9.35 Å². The number of thiophene rings is 1. The van der Waals surface area contributed by atoms with Crippen LogP contribution >= 0.6 is 39.5 Å². The number of H-pyrrole nitrogens is 1. The Morgan fingerprint density at radius 1 is 1.56 bits per heavy atom. The van der Waals surface area contributed by atoms with Crippen molar-refractivity contribution in [3.05, 3.63) is 32.3 Å². The van der Waals surface area contributed by atoms with Crippen molar-refractivity contribution in [3.63, 3.8) is 0 Å². The van der Waals surface area contributed by atoms with Crippen molar-refractivity contribution in [2.24, 2.45) is 0 Å². The van der Waals surface area contributed by atoms with Crippen LogP contribution in [0.25, 0.3) is 10.7 Å². The molecule has 0 unspecified atom stereocenters. The van der Waals surface area contributed by atoms with Gasteiger partial charge in [-0.25, -0.2) is 9.78 Å². The molecule has 0 amide bonds. The molecule has 2 rings (SSSR count). The number of aromatic nitrogens is 2. The highest BCUT2D eigenvalue weighted by Crippen LogP contribution is 2.27. The van der Waals surface area contributed by atoms with Crippen LogP contribution in [-0.4, -0.2) is 21.0 Å². The van der Waals surface area contributed by atoms with Gasteiger partial charge in [-0.1, -0.05) is 12.2 Å². The van der Waals surface area contributed by atoms with Crippen LogP contribution in [0.4, 0.5) is 0 Å². The molecule has 0 aliphatic heterocycles. The first-order valence-electron chi connectivity index (χ1n) is 4.15. The summed E-state index contributed by atoms with van der Waals surface area (Å²) in [5, 5.41) is 10.8. The molecule has 4 nitrogen and oxygen atoms in total. The molecule has 7 heteroatoms. The summed E-state index contributed by atoms with van der Waals surface area (Å²) in [4.78, 5) is 18.5. The molecule has 82 valence electrons. The number of aromatic amines is 1. The van der Waals surface area contributed by atoms with Crippen molar-refractivity contribution in [1.82, 2.24) is 9.97 Å². The van der Waals surface area contributed by atoms with Gasteiger partial charge in [-0.3, -0.25) is 0 Å². The summed E-state index contributed by atoms with van der Waals surface area (Å²) < 4.78 is 1.19. The zero-order valence-corrected chi connectivity index (χ0v) is 10.9. The number of nitrogens with zero attached hydrogens (tertiary/aromatic N) is 1. The third-order valence-electron chi connectivity index (χ3n) is 1.77. The van der Waals surface area contributed by atoms with E-state index in [0.29, 0.717) is 5.82 Å². The summed E-state index contributed by atoms with van der Waals surface area (Å²) in [6.45, 7) is 0. The summed E-state index contributed by atoms with van der Waals surface area (Å²) >= 11 is 9.69. The van der Waals surface area contributed by atoms with Crippen molar-refractivity contribution in [3.8, 4) is 10.7 Å². The van der Waals surface area contributed by atoms with E-state index in [1.54, 1.807) is 0 Å². The van der Waals surface area contributed by atoms with E-state index >= 15 is 0 Å². The Labute approximate surface area is 108 Å². The second kappa shape index (κ2) is 4.44. The Morgan fingerprint density at radius 3 is 2.88 bits per heavy atom. The van der Waals surface area contributed by atoms with Crippen LogP contribution in [0.2, 0.25) is 0 Å². The number of aromatic carboxylic acids is 1. The molecule has 0 saturated heterocycles. The zero-order valence-electron chi connectivity index (χ0n) is 7.73. The summed E-state index contributed by atoms with van der Waals surface area (Å²) in [6, 6.07) is 3.17. The minimum atomic E-state index is -1.05. The Kier molecular flexibility index (Phi) is 3.17. The third kappa shape index (κ3) is 2.37. The van der Waals surface area contributed by atoms with E-state index in [1.165, 1.54) is 17.4 Å². The number of nitrogens with one attached hydrogen (secondary N) is 1. The number of halogens is 1. The molecule has 2 N–H and O–H groups in total. The molecule has 0 radical (unpaired) electrons. The minimum absolute atomic E-state index is 0.0412. The predicted molar refractivity (Wildman–Crippen MR) is 67.4 cm³/mol. The molecule has 0 spiro atoms. The molecule has 0 saturated carbocycles. The van der Waals surface area contributed by atoms with E-state index < -0.39 is 5.97 Å². The number of carbonyl (C=O) groups is 1. The van der Waals surface area contributed by atoms with Gasteiger partial charge in [-0.15, -0.1) is 11.3 Å². The van der Waals surface area contributed by atoms with Gasteiger partial charge in [0.1, 0.15) is 16.2 Å². The maximum atomic E-state index is 10.8. The van der Waals surface area contributed by atoms with Crippen LogP contribution in [0.1, 0.15) is 10.5 Å². The lowest BCUT2D eigenvalue weighted by Crippen LogP contribution is -2.02. The lowest BCUT2D eigenvalue weighted by atomic mass is 10.4. The maximum Gasteiger partial charge on any atom is 0.352 e. The number of carboxylic acid groups (broad SMARTS) is 1. The van der Waals surface area contributed by atoms with Crippen LogP contribution in [0, 0.1) is 4.64 Å². The van der Waals surface area contributed by atoms with E-state index in [-0.39, 0.29) is 10.3 Å². The molecule has 0 fully saturated rings. The van der Waals surface area contributed by atoms with Gasteiger partial charge in [-0.2, -0.15) is 0 Å². The summed E-state index contributed by atoms with van der Waals surface area (Å²) in [5.41, 5.74) is 0.0412. The standard InChI is InChI=1S/C9H5BrN2O2S2/c10-4-1-6(16-3-4)8-11-5(9(13)14)2-7(15)12-8/h1-3H,(H,13,14)(H,11,12,15). The Morgan fingerprint density at radius 2 is 2.31 bits per heavy atom. The first kappa shape index (κ1) is 11.4. The number of hydrogen-bond donors (Lipinski definition) is 2. The summed E-state index contributed by atoms with van der Waals surface area (Å²) in [7, 11) is 0. The Hall–Kier alpha value is -1.05. The van der Waals surface area contributed by atoms with Gasteiger partial charge >= 0.3 is 5.97 Å². The first-order valence-corrected chi connectivity index (χ1v) is 6.23. The number of hydrogen-bond acceptors (Lipinski definition) is 4. The van der Waals surface area contributed by atoms with E-state index in [9.17, 15) is 4.79 Å². The lowest BCUT2D eigenvalue weighted by Gasteiger charge is -1.99. The van der Waals surface area contributed by atoms with E-state index in [1.807, 2.05) is 11.4 Å². The topological polar surface area (TPSA) is 66.0 Å². The fraction of sp³-hybridized carbons (Fsp3) is 0. The van der Waals surface area contributed by atoms with Crippen molar-refractivity contribution in [1.29, 1.82) is 0 Å². The quantitative estimate of drug-likeness (QED) is 0.834. The smallest absolute Gasteiger partial charge is 0.352 e. The molecular formula is C9H5BrN2O2S2. The molecule has 0 bridgehead atoms. The largest absolute Gasteiger partial charge is 0.477 e. The summed E-state index contributed by atoms with van der Waals surface area (Å²) in [5.74, 6) is -0.578. The number of rotatable bonds is 2. The average Bonchev–Trinajstić information content (AvgIpc) is 2.64. The van der Waals surface area contributed by atoms with Crippen LogP contribution in [-0.2, 0) is 0 Å². The van der Waals surface area contributed by atoms with E-state index in [2.05, 4.69) is 25.9 Å². The van der Waals surface area contributed by atoms with Gasteiger partial charge in [0.2, 0.25) is 0 Å². The molecule has 2 aromatic rings. The minimum Gasteiger partial charge on any atom is -0.477 e. The highest BCUT2D eigenvalue weighted by molar-refractivity contribution is 9.10. The molecule has 0 atom stereocenters. The third-order valence-corrected chi connectivity index (χ3v) is 3.68. The van der Waals surface area contributed by atoms with Gasteiger partial charge in [0, 0.05) is 15.9 Å². The van der Waals surface area contributed by atoms with Crippen molar-refractivity contribution in [2.75, 3.05) is 0 Å². The molecule has 0 aliphatic rings. The van der Waals surface area contributed by atoms with Gasteiger partial charge < -0.3 is 10.1 Å². The average molecular weight is 317 g/mol. The van der Waals surface area contributed by atoms with Crippen molar-refractivity contribution in [2.45, 2.75) is 0 Å². The van der Waals surface area contributed by atoms with Crippen LogP contribution in [0.5, 0.6) is 0 Å². The van der Waals surface area contributed by atoms with Gasteiger partial charge in [-0.05, 0) is 22.0 Å². The maximum absolute atomic E-state index is 10.8. The lowest BCUT2D eigenvalue weighted by molar-refractivity contribution is 0.0690. The normalized spacial score (nSPS) is 10.3. The second-order valence-corrected chi connectivity index (χ2v) is 5.16. The molecule has 0 aliphatic carbocycles. The Balaban J connectivity index is 2.57. The monoisotopic (exact) mass is 316 g/mol. The van der Waals surface area contributed by atoms with Crippen molar-refractivity contribution >= 4 is 45.5 Å². The zero-order chi connectivity index (χ0) is 11.7. The van der Waals surface area contributed by atoms with Gasteiger partial charge in [0.15, 0.2) is 0 Å². The molecule has 16 heavy (non-hydrogen) atoms. The predicted octanol–water partition coefficient (Wildman–Crippen LogP) is 3.33. The van der Waals surface area contributed by atoms with Crippen molar-refractivity contribution < 1.29 is 9.90 Å². The van der Waals surface area contributed by atoms with Gasteiger partial charge in [0.05, 0.1) is 4.88 Å². The molecule has 2 aromatic heterocycles. The van der Waals surface area contributed by atoms with E-state index in [4.69, 9.17) is 17.3 Å². The summed E-state index contributed by atoms with van der Waals surface area (Å²) in [6.07, 6.45) is 0. The van der Waals surface area contributed by atoms with Gasteiger partial charge in [0.25, 0.3) is 0 Å². The number of carboxylic acids is 1. The second-order valence-electron chi connectivity index (χ2n) is 2.92. The van der Waals surface area contributed by atoms with Crippen LogP contribution in [0.3, 0.4) is 0 Å². The molecule has 2 heterocycles. The molecular weight excluding hydrogens is 312 g/mol. The SMILES string of the molecule is O=C(O)c1cc(=S)nc(-c2cc(Br)cs2)[nH]1. The Bertz CT molecular complexity index is 606. The van der Waals surface area contributed by atoms with Crippen LogP contribution < -0.4 is 0 Å². The highest BCUT2D eigenvalue weighted by atomic mass is 79.9. The highest BCUT2D eigenvalue weighted by Gasteiger charge is 2.08. The molecule has 0 aromatic carbocycles.